The molecule has 5 aromatic rings. The summed E-state index contributed by atoms with van der Waals surface area (Å²) in [7, 11) is 0. The van der Waals surface area contributed by atoms with E-state index in [1.165, 1.54) is 23.8 Å². The number of nitrogens with zero attached hydrogens (tertiary/aromatic N) is 4. The predicted molar refractivity (Wildman–Crippen MR) is 164 cm³/mol. The van der Waals surface area contributed by atoms with Gasteiger partial charge in [0, 0.05) is 30.6 Å². The fraction of sp³-hybridized carbons (Fsp3) is 0.294. The van der Waals surface area contributed by atoms with Crippen molar-refractivity contribution < 1.29 is 28.2 Å². The summed E-state index contributed by atoms with van der Waals surface area (Å²) in [6.07, 6.45) is 6.10. The molecule has 1 N–H and O–H groups in total. The molecule has 45 heavy (non-hydrogen) atoms. The fourth-order valence-corrected chi connectivity index (χ4v) is 6.00. The van der Waals surface area contributed by atoms with E-state index in [-0.39, 0.29) is 47.4 Å². The number of benzene rings is 2. The molecule has 0 amide bonds. The molecule has 2 aliphatic rings. The number of halogens is 2. The number of fused-ring (bicyclic) bond motifs is 1. The number of aromatic nitrogens is 4. The van der Waals surface area contributed by atoms with Gasteiger partial charge in [0.2, 0.25) is 5.88 Å². The van der Waals surface area contributed by atoms with Crippen LogP contribution in [0.2, 0.25) is 0 Å². The van der Waals surface area contributed by atoms with Gasteiger partial charge in [-0.3, -0.25) is 0 Å². The lowest BCUT2D eigenvalue weighted by molar-refractivity contribution is -0.0589. The number of carboxylic acid groups (broad SMARTS) is 1. The van der Waals surface area contributed by atoms with Gasteiger partial charge in [-0.05, 0) is 61.2 Å². The lowest BCUT2D eigenvalue weighted by atomic mass is 9.86. The molecule has 7 rings (SSSR count). The highest BCUT2D eigenvalue weighted by atomic mass is 32.1. The zero-order valence-corrected chi connectivity index (χ0v) is 24.9. The molecule has 0 radical (unpaired) electrons. The van der Waals surface area contributed by atoms with Gasteiger partial charge < -0.3 is 19.1 Å². The fourth-order valence-electron chi connectivity index (χ4n) is 5.31. The van der Waals surface area contributed by atoms with Crippen molar-refractivity contribution in [1.29, 1.82) is 0 Å². The quantitative estimate of drug-likeness (QED) is 0.183. The van der Waals surface area contributed by atoms with Crippen LogP contribution in [0, 0.1) is 29.4 Å². The average Bonchev–Trinajstić information content (AvgIpc) is 3.58. The van der Waals surface area contributed by atoms with Gasteiger partial charge in [0.05, 0.1) is 46.0 Å². The largest absolute Gasteiger partial charge is 0.478 e. The number of hydrogen-bond acceptors (Lipinski definition) is 7. The molecule has 0 bridgehead atoms. The first-order valence-electron chi connectivity index (χ1n) is 14.8. The summed E-state index contributed by atoms with van der Waals surface area (Å²) in [6.45, 7) is 1.27. The molecule has 11 heteroatoms. The summed E-state index contributed by atoms with van der Waals surface area (Å²) < 4.78 is 44.3. The van der Waals surface area contributed by atoms with E-state index in [4.69, 9.17) is 9.47 Å². The molecule has 3 aromatic heterocycles. The first-order valence-corrected chi connectivity index (χ1v) is 15.6. The maximum atomic E-state index is 15.5. The molecule has 4 heterocycles. The van der Waals surface area contributed by atoms with Crippen molar-refractivity contribution in [3.05, 3.63) is 93.2 Å². The topological polar surface area (TPSA) is 99.4 Å². The molecule has 0 spiro atoms. The van der Waals surface area contributed by atoms with E-state index < -0.39 is 17.6 Å². The van der Waals surface area contributed by atoms with Crippen molar-refractivity contribution in [1.82, 2.24) is 19.5 Å². The Hall–Kier alpha value is -4.66. The summed E-state index contributed by atoms with van der Waals surface area (Å²) in [5.74, 6) is 5.40. The minimum atomic E-state index is -1.06. The lowest BCUT2D eigenvalue weighted by Gasteiger charge is -2.27. The van der Waals surface area contributed by atoms with Crippen molar-refractivity contribution in [2.45, 2.75) is 51.4 Å². The minimum Gasteiger partial charge on any atom is -0.478 e. The zero-order valence-electron chi connectivity index (χ0n) is 24.1. The molecular weight excluding hydrogens is 598 g/mol. The SMILES string of the molecule is O=C(O)c1ccc2nc(Cc3cc(F)c(-c4cccc(OCc5ncc(C#CC6CCC6)s5)n4)cc3F)n(CC3CCO3)c2c1. The van der Waals surface area contributed by atoms with E-state index in [2.05, 4.69) is 26.8 Å². The molecule has 2 fully saturated rings. The number of ether oxygens (including phenoxy) is 2. The maximum Gasteiger partial charge on any atom is 0.335 e. The molecule has 1 aliphatic heterocycles. The maximum absolute atomic E-state index is 15.5. The summed E-state index contributed by atoms with van der Waals surface area (Å²) in [4.78, 5) is 25.9. The van der Waals surface area contributed by atoms with Gasteiger partial charge in [-0.2, -0.15) is 0 Å². The number of pyridine rings is 1. The van der Waals surface area contributed by atoms with Crippen LogP contribution in [0.15, 0.2) is 54.7 Å². The normalized spacial score (nSPS) is 16.1. The Morgan fingerprint density at radius 1 is 1.11 bits per heavy atom. The van der Waals surface area contributed by atoms with Crippen molar-refractivity contribution in [2.24, 2.45) is 5.92 Å². The predicted octanol–water partition coefficient (Wildman–Crippen LogP) is 6.64. The third kappa shape index (κ3) is 6.30. The van der Waals surface area contributed by atoms with Crippen molar-refractivity contribution in [3.8, 4) is 29.0 Å². The highest BCUT2D eigenvalue weighted by Crippen LogP contribution is 2.29. The van der Waals surface area contributed by atoms with E-state index in [1.807, 2.05) is 4.57 Å². The van der Waals surface area contributed by atoms with E-state index >= 15 is 8.78 Å². The number of thiazole rings is 1. The Kier molecular flexibility index (Phi) is 8.00. The molecule has 1 unspecified atom stereocenters. The van der Waals surface area contributed by atoms with Crippen LogP contribution in [0.5, 0.6) is 5.88 Å². The summed E-state index contributed by atoms with van der Waals surface area (Å²) in [5.41, 5.74) is 1.66. The average molecular weight is 627 g/mol. The Labute approximate surface area is 261 Å². The zero-order chi connectivity index (χ0) is 30.9. The molecule has 1 aliphatic carbocycles. The van der Waals surface area contributed by atoms with Crippen LogP contribution in [0.25, 0.3) is 22.3 Å². The van der Waals surface area contributed by atoms with Gasteiger partial charge >= 0.3 is 5.97 Å². The highest BCUT2D eigenvalue weighted by Gasteiger charge is 2.24. The Bertz CT molecular complexity index is 1970. The number of carbonyl (C=O) groups is 1. The van der Waals surface area contributed by atoms with Crippen LogP contribution in [-0.2, 0) is 24.3 Å². The summed E-state index contributed by atoms with van der Waals surface area (Å²) in [5, 5.41) is 10.2. The molecule has 228 valence electrons. The second-order valence-electron chi connectivity index (χ2n) is 11.2. The molecule has 1 saturated carbocycles. The number of imidazole rings is 1. The minimum absolute atomic E-state index is 0.00422. The monoisotopic (exact) mass is 626 g/mol. The standard InChI is InChI=1S/C34H28F2N4O4S/c35-26-16-25(28-5-2-6-32(39-28)44-19-33-37-17-24(45-33)9-7-20-3-1-4-20)27(36)13-22(26)15-31-38-29-10-8-21(34(41)42)14-30(29)40(31)18-23-11-12-43-23/h2,5-6,8,10,13-14,16-17,20,23H,1,3-4,11-12,15,18-19H2,(H,41,42). The van der Waals surface area contributed by atoms with Crippen LogP contribution in [0.1, 0.15) is 57.3 Å². The Balaban J connectivity index is 1.09. The second-order valence-corrected chi connectivity index (χ2v) is 12.3. The first-order chi connectivity index (χ1) is 21.9. The molecular formula is C34H28F2N4O4S. The Morgan fingerprint density at radius 3 is 2.73 bits per heavy atom. The van der Waals surface area contributed by atoms with Gasteiger partial charge in [-0.25, -0.2) is 28.5 Å². The molecule has 2 aromatic carbocycles. The third-order valence-corrected chi connectivity index (χ3v) is 9.03. The van der Waals surface area contributed by atoms with E-state index in [0.29, 0.717) is 35.9 Å². The molecule has 1 atom stereocenters. The van der Waals surface area contributed by atoms with Gasteiger partial charge in [0.25, 0.3) is 0 Å². The van der Waals surface area contributed by atoms with Crippen LogP contribution in [0.3, 0.4) is 0 Å². The van der Waals surface area contributed by atoms with Crippen LogP contribution in [0.4, 0.5) is 8.78 Å². The van der Waals surface area contributed by atoms with Gasteiger partial charge in [-0.1, -0.05) is 24.3 Å². The van der Waals surface area contributed by atoms with E-state index in [1.54, 1.807) is 36.5 Å². The van der Waals surface area contributed by atoms with Crippen molar-refractivity contribution >= 4 is 28.3 Å². The van der Waals surface area contributed by atoms with Crippen LogP contribution in [-0.4, -0.2) is 43.3 Å². The molecule has 8 nitrogen and oxygen atoms in total. The van der Waals surface area contributed by atoms with Gasteiger partial charge in [-0.15, -0.1) is 11.3 Å². The number of carboxylic acids is 1. The first kappa shape index (κ1) is 29.1. The van der Waals surface area contributed by atoms with Crippen LogP contribution >= 0.6 is 11.3 Å². The second kappa shape index (κ2) is 12.4. The number of aromatic carboxylic acids is 1. The summed E-state index contributed by atoms with van der Waals surface area (Å²) >= 11 is 1.46. The Morgan fingerprint density at radius 2 is 1.98 bits per heavy atom. The van der Waals surface area contributed by atoms with Crippen LogP contribution < -0.4 is 4.74 Å². The van der Waals surface area contributed by atoms with E-state index in [0.717, 1.165) is 41.3 Å². The summed E-state index contributed by atoms with van der Waals surface area (Å²) in [6, 6.07) is 11.9. The van der Waals surface area contributed by atoms with Crippen molar-refractivity contribution in [2.75, 3.05) is 6.61 Å². The number of rotatable bonds is 9. The van der Waals surface area contributed by atoms with E-state index in [9.17, 15) is 9.90 Å². The molecule has 1 saturated heterocycles. The highest BCUT2D eigenvalue weighted by molar-refractivity contribution is 7.12. The number of hydrogen-bond donors (Lipinski definition) is 1. The van der Waals surface area contributed by atoms with Gasteiger partial charge in [0.15, 0.2) is 0 Å². The smallest absolute Gasteiger partial charge is 0.335 e. The lowest BCUT2D eigenvalue weighted by Crippen LogP contribution is -2.31. The third-order valence-electron chi connectivity index (χ3n) is 8.14. The van der Waals surface area contributed by atoms with Crippen molar-refractivity contribution in [3.63, 3.8) is 0 Å². The van der Waals surface area contributed by atoms with Gasteiger partial charge in [0.1, 0.15) is 29.1 Å².